The van der Waals surface area contributed by atoms with Crippen LogP contribution in [0.1, 0.15) is 27.2 Å². The summed E-state index contributed by atoms with van der Waals surface area (Å²) >= 11 is 0. The maximum Gasteiger partial charge on any atom is 0.255 e. The van der Waals surface area contributed by atoms with Crippen LogP contribution in [0.3, 0.4) is 0 Å². The van der Waals surface area contributed by atoms with E-state index in [1.165, 1.54) is 0 Å². The Morgan fingerprint density at radius 2 is 2.20 bits per heavy atom. The maximum atomic E-state index is 13.0. The average Bonchev–Trinajstić information content (AvgIpc) is 3.23. The molecule has 0 saturated carbocycles. The molecule has 1 amide bonds. The molecule has 2 aliphatic rings. The number of aryl methyl sites for hydroxylation is 1. The molecule has 35 heavy (non-hydrogen) atoms. The number of anilines is 2. The van der Waals surface area contributed by atoms with Crippen LogP contribution in [0.4, 0.5) is 11.4 Å². The number of rotatable bonds is 4. The van der Waals surface area contributed by atoms with Crippen LogP contribution in [0, 0.1) is 18.8 Å². The number of carbonyl (C=O) groups excluding carboxylic acids is 1. The molecule has 8 heteroatoms. The van der Waals surface area contributed by atoms with Crippen molar-refractivity contribution in [2.45, 2.75) is 19.4 Å². The Morgan fingerprint density at radius 1 is 1.31 bits per heavy atom. The molecule has 180 valence electrons. The van der Waals surface area contributed by atoms with Crippen LogP contribution < -0.4 is 15.4 Å². The smallest absolute Gasteiger partial charge is 0.255 e. The highest BCUT2D eigenvalue weighted by Gasteiger charge is 2.28. The lowest BCUT2D eigenvalue weighted by molar-refractivity contribution is 0.0267. The highest BCUT2D eigenvalue weighted by molar-refractivity contribution is 6.06. The zero-order chi connectivity index (χ0) is 24.4. The number of morpholine rings is 1. The van der Waals surface area contributed by atoms with E-state index >= 15 is 0 Å². The molecule has 1 fully saturated rings. The molecule has 1 saturated heterocycles. The summed E-state index contributed by atoms with van der Waals surface area (Å²) < 4.78 is 11.3. The number of aromatic amines is 1. The minimum atomic E-state index is -0.106. The zero-order valence-corrected chi connectivity index (χ0v) is 20.2. The van der Waals surface area contributed by atoms with Crippen molar-refractivity contribution >= 4 is 17.3 Å². The van der Waals surface area contributed by atoms with Gasteiger partial charge in [-0.15, -0.1) is 0 Å². The first-order valence-corrected chi connectivity index (χ1v) is 11.7. The van der Waals surface area contributed by atoms with Gasteiger partial charge in [-0.3, -0.25) is 14.7 Å². The molecule has 0 radical (unpaired) electrons. The van der Waals surface area contributed by atoms with Gasteiger partial charge in [-0.1, -0.05) is 24.0 Å². The fraction of sp³-hybridized carbons (Fsp3) is 0.333. The fourth-order valence-electron chi connectivity index (χ4n) is 4.57. The van der Waals surface area contributed by atoms with E-state index in [0.717, 1.165) is 59.1 Å². The number of ether oxygens (including phenoxy) is 2. The van der Waals surface area contributed by atoms with Gasteiger partial charge in [0.15, 0.2) is 0 Å². The molecular weight excluding hydrogens is 442 g/mol. The van der Waals surface area contributed by atoms with Crippen LogP contribution >= 0.6 is 0 Å². The number of fused-ring (bicyclic) bond motifs is 1. The fourth-order valence-corrected chi connectivity index (χ4v) is 4.57. The molecule has 1 aromatic carbocycles. The topological polar surface area (TPSA) is 91.5 Å². The van der Waals surface area contributed by atoms with Crippen molar-refractivity contribution in [1.29, 1.82) is 0 Å². The Morgan fingerprint density at radius 3 is 3.03 bits per heavy atom. The summed E-state index contributed by atoms with van der Waals surface area (Å²) in [4.78, 5) is 23.0. The van der Waals surface area contributed by atoms with Crippen LogP contribution in [-0.4, -0.2) is 67.3 Å². The molecule has 1 atom stereocenters. The van der Waals surface area contributed by atoms with Gasteiger partial charge in [0.1, 0.15) is 5.75 Å². The Hall–Kier alpha value is -3.80. The Labute approximate surface area is 205 Å². The third-order valence-electron chi connectivity index (χ3n) is 6.50. The molecule has 4 heterocycles. The Bertz CT molecular complexity index is 1320. The normalized spacial score (nSPS) is 17.7. The minimum Gasteiger partial charge on any atom is -0.494 e. The maximum absolute atomic E-state index is 13.0. The van der Waals surface area contributed by atoms with Crippen molar-refractivity contribution in [1.82, 2.24) is 20.2 Å². The molecule has 3 aromatic rings. The van der Waals surface area contributed by atoms with Gasteiger partial charge < -0.3 is 25.1 Å². The monoisotopic (exact) mass is 471 g/mol. The van der Waals surface area contributed by atoms with E-state index < -0.39 is 0 Å². The molecule has 8 nitrogen and oxygen atoms in total. The lowest BCUT2D eigenvalue weighted by Gasteiger charge is -2.28. The summed E-state index contributed by atoms with van der Waals surface area (Å²) in [6.07, 6.45) is 4.23. The van der Waals surface area contributed by atoms with Crippen molar-refractivity contribution in [3.8, 4) is 28.8 Å². The van der Waals surface area contributed by atoms with Gasteiger partial charge in [-0.2, -0.15) is 0 Å². The summed E-state index contributed by atoms with van der Waals surface area (Å²) in [5, 5.41) is 6.46. The van der Waals surface area contributed by atoms with E-state index in [1.54, 1.807) is 19.5 Å². The van der Waals surface area contributed by atoms with E-state index in [9.17, 15) is 4.79 Å². The lowest BCUT2D eigenvalue weighted by atomic mass is 10.0. The number of amides is 1. The van der Waals surface area contributed by atoms with Gasteiger partial charge >= 0.3 is 0 Å². The lowest BCUT2D eigenvalue weighted by Crippen LogP contribution is -2.41. The summed E-state index contributed by atoms with van der Waals surface area (Å²) in [6, 6.07) is 7.85. The number of aromatic nitrogens is 2. The first-order chi connectivity index (χ1) is 17.1. The number of para-hydroxylation sites is 1. The standard InChI is InChI=1S/C27H29N5O3/c1-17-5-4-6-22(26(17)34-3)31-25-23-21(10-12-29-27(23)33)30-24(25)20-9-11-28-15-18(20)7-8-19-16-35-14-13-32(19)2/h4-6,9,11,15,19,30-31H,10,12-14,16H2,1-3H3,(H,29,33). The number of pyridine rings is 1. The SMILES string of the molecule is COc1c(C)cccc1Nc1c(-c2ccncc2C#CC2COCCN2C)[nH]c2c1C(=O)NCC2. The minimum absolute atomic E-state index is 0.0218. The third-order valence-corrected chi connectivity index (χ3v) is 6.50. The van der Waals surface area contributed by atoms with Crippen LogP contribution in [-0.2, 0) is 11.2 Å². The average molecular weight is 472 g/mol. The molecule has 5 rings (SSSR count). The number of nitrogens with one attached hydrogen (secondary N) is 3. The van der Waals surface area contributed by atoms with Gasteiger partial charge in [0.25, 0.3) is 5.91 Å². The molecule has 0 bridgehead atoms. The van der Waals surface area contributed by atoms with Gasteiger partial charge in [-0.05, 0) is 31.7 Å². The van der Waals surface area contributed by atoms with Crippen molar-refractivity contribution in [3.05, 3.63) is 59.0 Å². The number of H-pyrrole nitrogens is 1. The van der Waals surface area contributed by atoms with Crippen LogP contribution in [0.5, 0.6) is 5.75 Å². The van der Waals surface area contributed by atoms with Crippen molar-refractivity contribution in [2.75, 3.05) is 45.8 Å². The molecule has 1 unspecified atom stereocenters. The van der Waals surface area contributed by atoms with Crippen LogP contribution in [0.2, 0.25) is 0 Å². The number of likely N-dealkylation sites (N-methyl/N-ethyl adjacent to an activating group) is 1. The molecule has 2 aromatic heterocycles. The molecule has 2 aliphatic heterocycles. The van der Waals surface area contributed by atoms with Gasteiger partial charge in [-0.25, -0.2) is 0 Å². The summed E-state index contributed by atoms with van der Waals surface area (Å²) in [6.45, 7) is 4.74. The third kappa shape index (κ3) is 4.48. The highest BCUT2D eigenvalue weighted by Crippen LogP contribution is 2.40. The van der Waals surface area contributed by atoms with E-state index in [-0.39, 0.29) is 11.9 Å². The second kappa shape index (κ2) is 9.82. The van der Waals surface area contributed by atoms with E-state index in [1.807, 2.05) is 31.2 Å². The van der Waals surface area contributed by atoms with Crippen molar-refractivity contribution < 1.29 is 14.3 Å². The van der Waals surface area contributed by atoms with Crippen LogP contribution in [0.15, 0.2) is 36.7 Å². The summed E-state index contributed by atoms with van der Waals surface area (Å²) in [5.74, 6) is 7.29. The number of nitrogens with zero attached hydrogens (tertiary/aromatic N) is 2. The second-order valence-corrected chi connectivity index (χ2v) is 8.78. The number of benzene rings is 1. The second-order valence-electron chi connectivity index (χ2n) is 8.78. The Balaban J connectivity index is 1.62. The van der Waals surface area contributed by atoms with Gasteiger partial charge in [0, 0.05) is 43.2 Å². The number of methoxy groups -OCH3 is 1. The highest BCUT2D eigenvalue weighted by atomic mass is 16.5. The predicted molar refractivity (Wildman–Crippen MR) is 135 cm³/mol. The van der Waals surface area contributed by atoms with Crippen molar-refractivity contribution in [3.63, 3.8) is 0 Å². The largest absolute Gasteiger partial charge is 0.494 e. The molecule has 0 aliphatic carbocycles. The molecular formula is C27H29N5O3. The molecule has 0 spiro atoms. The first-order valence-electron chi connectivity index (χ1n) is 11.7. The predicted octanol–water partition coefficient (Wildman–Crippen LogP) is 3.11. The summed E-state index contributed by atoms with van der Waals surface area (Å²) in [7, 11) is 3.71. The van der Waals surface area contributed by atoms with Gasteiger partial charge in [0.05, 0.1) is 54.6 Å². The zero-order valence-electron chi connectivity index (χ0n) is 20.2. The quantitative estimate of drug-likeness (QED) is 0.507. The van der Waals surface area contributed by atoms with E-state index in [0.29, 0.717) is 24.4 Å². The van der Waals surface area contributed by atoms with Crippen LogP contribution in [0.25, 0.3) is 11.3 Å². The number of hydrogen-bond acceptors (Lipinski definition) is 6. The van der Waals surface area contributed by atoms with Gasteiger partial charge in [0.2, 0.25) is 0 Å². The Kier molecular flexibility index (Phi) is 6.45. The molecule has 3 N–H and O–H groups in total. The van der Waals surface area contributed by atoms with E-state index in [2.05, 4.69) is 44.4 Å². The number of carbonyl (C=O) groups is 1. The van der Waals surface area contributed by atoms with Crippen molar-refractivity contribution in [2.24, 2.45) is 0 Å². The number of hydrogen-bond donors (Lipinski definition) is 3. The summed E-state index contributed by atoms with van der Waals surface area (Å²) in [5.41, 5.74) is 6.47. The van der Waals surface area contributed by atoms with E-state index in [4.69, 9.17) is 9.47 Å². The first kappa shape index (κ1) is 23.0.